The fourth-order valence-corrected chi connectivity index (χ4v) is 5.33. The molecule has 6 heteroatoms. The Kier molecular flexibility index (Phi) is 5.02. The molecule has 2 aromatic heterocycles. The van der Waals surface area contributed by atoms with Crippen LogP contribution >= 0.6 is 23.8 Å². The molecule has 4 nitrogen and oxygen atoms in total. The van der Waals surface area contributed by atoms with Crippen LogP contribution in [0, 0.1) is 0 Å². The van der Waals surface area contributed by atoms with E-state index in [4.69, 9.17) is 23.8 Å². The molecule has 1 aliphatic heterocycles. The zero-order chi connectivity index (χ0) is 19.8. The fourth-order valence-electron chi connectivity index (χ4n) is 4.75. The topological polar surface area (TPSA) is 33.1 Å². The van der Waals surface area contributed by atoms with E-state index in [0.29, 0.717) is 6.04 Å². The van der Waals surface area contributed by atoms with Gasteiger partial charge in [0.2, 0.25) is 0 Å². The van der Waals surface area contributed by atoms with Gasteiger partial charge < -0.3 is 14.8 Å². The van der Waals surface area contributed by atoms with E-state index in [1.807, 2.05) is 36.5 Å². The Morgan fingerprint density at radius 1 is 1.03 bits per heavy atom. The Bertz CT molecular complexity index is 1010. The molecular weight excluding hydrogens is 400 g/mol. The molecule has 1 saturated carbocycles. The number of aromatic nitrogens is 2. The minimum Gasteiger partial charge on any atom is -0.352 e. The lowest BCUT2D eigenvalue weighted by atomic mass is 9.99. The smallest absolute Gasteiger partial charge is 0.170 e. The summed E-state index contributed by atoms with van der Waals surface area (Å²) in [6.07, 6.45) is 8.85. The lowest BCUT2D eigenvalue weighted by molar-refractivity contribution is 0.239. The number of nitrogens with zero attached hydrogens (tertiary/aromatic N) is 3. The molecule has 1 aliphatic carbocycles. The molecular formula is C23H23ClN4S. The first-order chi connectivity index (χ1) is 14.2. The zero-order valence-electron chi connectivity index (χ0n) is 16.0. The Morgan fingerprint density at radius 3 is 2.66 bits per heavy atom. The number of hydrogen-bond acceptors (Lipinski definition) is 2. The Labute approximate surface area is 181 Å². The van der Waals surface area contributed by atoms with E-state index in [1.165, 1.54) is 31.4 Å². The van der Waals surface area contributed by atoms with Gasteiger partial charge in [0.15, 0.2) is 5.11 Å². The van der Waals surface area contributed by atoms with Crippen molar-refractivity contribution in [1.82, 2.24) is 19.8 Å². The van der Waals surface area contributed by atoms with E-state index in [9.17, 15) is 0 Å². The van der Waals surface area contributed by atoms with E-state index in [0.717, 1.165) is 21.5 Å². The molecule has 29 heavy (non-hydrogen) atoms. The Hall–Kier alpha value is -2.37. The van der Waals surface area contributed by atoms with Gasteiger partial charge in [-0.2, -0.15) is 0 Å². The summed E-state index contributed by atoms with van der Waals surface area (Å²) in [5.41, 5.74) is 3.27. The molecule has 148 valence electrons. The van der Waals surface area contributed by atoms with Crippen LogP contribution in [0.2, 0.25) is 5.02 Å². The number of nitrogens with one attached hydrogen (secondary N) is 1. The van der Waals surface area contributed by atoms with E-state index >= 15 is 0 Å². The number of thiocarbonyl (C=S) groups is 1. The minimum absolute atomic E-state index is 0.0112. The maximum absolute atomic E-state index is 6.29. The first kappa shape index (κ1) is 18.6. The summed E-state index contributed by atoms with van der Waals surface area (Å²) >= 11 is 12.1. The van der Waals surface area contributed by atoms with Crippen molar-refractivity contribution in [3.05, 3.63) is 83.4 Å². The maximum Gasteiger partial charge on any atom is 0.170 e. The van der Waals surface area contributed by atoms with Crippen LogP contribution in [-0.4, -0.2) is 25.6 Å². The predicted octanol–water partition coefficient (Wildman–Crippen LogP) is 5.44. The zero-order valence-corrected chi connectivity index (χ0v) is 17.6. The fraction of sp³-hybridized carbons (Fsp3) is 0.304. The normalized spacial score (nSPS) is 22.2. The van der Waals surface area contributed by atoms with Crippen LogP contribution in [0.1, 0.15) is 49.2 Å². The molecule has 3 aromatic rings. The predicted molar refractivity (Wildman–Crippen MR) is 120 cm³/mol. The number of halogens is 1. The van der Waals surface area contributed by atoms with Crippen molar-refractivity contribution in [1.29, 1.82) is 0 Å². The highest BCUT2D eigenvalue weighted by atomic mass is 35.5. The Morgan fingerprint density at radius 2 is 1.90 bits per heavy atom. The van der Waals surface area contributed by atoms with Gasteiger partial charge in [-0.1, -0.05) is 36.6 Å². The maximum atomic E-state index is 6.29. The second-order valence-electron chi connectivity index (χ2n) is 7.76. The molecule has 0 spiro atoms. The van der Waals surface area contributed by atoms with E-state index in [2.05, 4.69) is 50.2 Å². The minimum atomic E-state index is 0.0112. The summed E-state index contributed by atoms with van der Waals surface area (Å²) in [6.45, 7) is 0. The lowest BCUT2D eigenvalue weighted by Gasteiger charge is -2.33. The molecule has 0 amide bonds. The van der Waals surface area contributed by atoms with Gasteiger partial charge in [0.05, 0.1) is 17.8 Å². The second kappa shape index (κ2) is 7.81. The van der Waals surface area contributed by atoms with E-state index in [-0.39, 0.29) is 12.1 Å². The van der Waals surface area contributed by atoms with Crippen molar-refractivity contribution in [3.8, 4) is 5.69 Å². The van der Waals surface area contributed by atoms with E-state index in [1.54, 1.807) is 0 Å². The highest BCUT2D eigenvalue weighted by molar-refractivity contribution is 7.80. The van der Waals surface area contributed by atoms with Crippen LogP contribution < -0.4 is 5.32 Å². The highest BCUT2D eigenvalue weighted by Crippen LogP contribution is 2.43. The lowest BCUT2D eigenvalue weighted by Crippen LogP contribution is -2.38. The van der Waals surface area contributed by atoms with Gasteiger partial charge in [0.1, 0.15) is 0 Å². The molecule has 2 aliphatic rings. The van der Waals surface area contributed by atoms with Gasteiger partial charge in [-0.15, -0.1) is 0 Å². The highest BCUT2D eigenvalue weighted by Gasteiger charge is 2.44. The van der Waals surface area contributed by atoms with Crippen molar-refractivity contribution >= 4 is 28.9 Å². The van der Waals surface area contributed by atoms with Crippen LogP contribution in [0.4, 0.5) is 0 Å². The van der Waals surface area contributed by atoms with Crippen molar-refractivity contribution in [3.63, 3.8) is 0 Å². The number of benzene rings is 1. The molecule has 3 heterocycles. The van der Waals surface area contributed by atoms with Crippen molar-refractivity contribution in [2.45, 2.75) is 43.8 Å². The molecule has 1 aromatic carbocycles. The molecule has 5 rings (SSSR count). The van der Waals surface area contributed by atoms with Gasteiger partial charge in [-0.3, -0.25) is 4.98 Å². The largest absolute Gasteiger partial charge is 0.352 e. The van der Waals surface area contributed by atoms with Gasteiger partial charge in [0.25, 0.3) is 0 Å². The molecule has 2 fully saturated rings. The average Bonchev–Trinajstić information content (AvgIpc) is 3.48. The second-order valence-corrected chi connectivity index (χ2v) is 8.58. The van der Waals surface area contributed by atoms with Gasteiger partial charge in [0, 0.05) is 34.8 Å². The standard InChI is InChI=1S/C23H23ClN4S/c24-16-7-5-10-18(15-16)27-14-6-12-20(27)22-21(19-11-3-4-13-25-19)26-23(29)28(22)17-8-1-2-9-17/h3-7,10-15,17,21-22H,1-2,8-9H2,(H,26,29)/t21-,22-/m1/s1. The molecule has 0 bridgehead atoms. The van der Waals surface area contributed by atoms with Crippen molar-refractivity contribution < 1.29 is 0 Å². The number of rotatable bonds is 4. The molecule has 1 N–H and O–H groups in total. The first-order valence-electron chi connectivity index (χ1n) is 10.2. The summed E-state index contributed by atoms with van der Waals surface area (Å²) in [5.74, 6) is 0. The van der Waals surface area contributed by atoms with Gasteiger partial charge >= 0.3 is 0 Å². The molecule has 1 saturated heterocycles. The Balaban J connectivity index is 1.62. The van der Waals surface area contributed by atoms with Crippen molar-refractivity contribution in [2.75, 3.05) is 0 Å². The summed E-state index contributed by atoms with van der Waals surface area (Å²) < 4.78 is 2.23. The average molecular weight is 423 g/mol. The third-order valence-electron chi connectivity index (χ3n) is 6.02. The van der Waals surface area contributed by atoms with Crippen LogP contribution in [-0.2, 0) is 0 Å². The van der Waals surface area contributed by atoms with Crippen LogP contribution in [0.3, 0.4) is 0 Å². The van der Waals surface area contributed by atoms with E-state index < -0.39 is 0 Å². The molecule has 2 atom stereocenters. The molecule has 0 unspecified atom stereocenters. The van der Waals surface area contributed by atoms with Crippen molar-refractivity contribution in [2.24, 2.45) is 0 Å². The van der Waals surface area contributed by atoms with Crippen LogP contribution in [0.5, 0.6) is 0 Å². The summed E-state index contributed by atoms with van der Waals surface area (Å²) in [4.78, 5) is 7.08. The number of hydrogen-bond donors (Lipinski definition) is 1. The van der Waals surface area contributed by atoms with Crippen LogP contribution in [0.15, 0.2) is 67.0 Å². The summed E-state index contributed by atoms with van der Waals surface area (Å²) in [7, 11) is 0. The first-order valence-corrected chi connectivity index (χ1v) is 10.9. The third-order valence-corrected chi connectivity index (χ3v) is 6.59. The SMILES string of the molecule is S=C1N[C@H](c2ccccn2)[C@@H](c2cccn2-c2cccc(Cl)c2)N1C1CCCC1. The quantitative estimate of drug-likeness (QED) is 0.567. The third kappa shape index (κ3) is 3.43. The van der Waals surface area contributed by atoms with Gasteiger partial charge in [-0.05, 0) is 67.5 Å². The summed E-state index contributed by atoms with van der Waals surface area (Å²) in [6, 6.07) is 18.9. The van der Waals surface area contributed by atoms with Crippen LogP contribution in [0.25, 0.3) is 5.69 Å². The number of pyridine rings is 1. The van der Waals surface area contributed by atoms with Gasteiger partial charge in [-0.25, -0.2) is 0 Å². The monoisotopic (exact) mass is 422 g/mol. The summed E-state index contributed by atoms with van der Waals surface area (Å²) in [5, 5.41) is 5.14. The molecule has 0 radical (unpaired) electrons.